The van der Waals surface area contributed by atoms with Crippen molar-refractivity contribution in [1.82, 2.24) is 9.80 Å². The van der Waals surface area contributed by atoms with Crippen LogP contribution in [-0.2, 0) is 0 Å². The lowest BCUT2D eigenvalue weighted by Gasteiger charge is -2.18. The van der Waals surface area contributed by atoms with Gasteiger partial charge in [0.1, 0.15) is 0 Å². The van der Waals surface area contributed by atoms with Gasteiger partial charge in [-0.05, 0) is 12.8 Å². The molecule has 0 aromatic carbocycles. The molecule has 0 spiro atoms. The summed E-state index contributed by atoms with van der Waals surface area (Å²) in [6.07, 6.45) is 12.1. The average molecular weight is 208 g/mol. The summed E-state index contributed by atoms with van der Waals surface area (Å²) in [7, 11) is 0. The predicted molar refractivity (Wildman–Crippen MR) is 64.8 cm³/mol. The predicted octanol–water partition coefficient (Wildman–Crippen LogP) is 3.45. The maximum Gasteiger partial charge on any atom is 0.207 e. The molecule has 0 aromatic rings. The van der Waals surface area contributed by atoms with Crippen molar-refractivity contribution in [3.63, 3.8) is 0 Å². The zero-order chi connectivity index (χ0) is 10.9. The Morgan fingerprint density at radius 1 is 0.800 bits per heavy atom. The highest BCUT2D eigenvalue weighted by atomic mass is 15.3. The van der Waals surface area contributed by atoms with Gasteiger partial charge in [-0.15, -0.1) is 0 Å². The van der Waals surface area contributed by atoms with E-state index in [1.807, 2.05) is 0 Å². The first-order chi connectivity index (χ1) is 7.36. The molecule has 0 saturated heterocycles. The molecule has 2 nitrogen and oxygen atoms in total. The SMILES string of the molecule is CCCCCN1[C]N(CCCCC)C=C1. The summed E-state index contributed by atoms with van der Waals surface area (Å²) in [6, 6.07) is 0. The molecule has 2 radical (unpaired) electrons. The Kier molecular flexibility index (Phi) is 6.29. The van der Waals surface area contributed by atoms with Gasteiger partial charge in [0.2, 0.25) is 6.67 Å². The minimum atomic E-state index is 1.12. The summed E-state index contributed by atoms with van der Waals surface area (Å²) in [5.41, 5.74) is 0. The quantitative estimate of drug-likeness (QED) is 0.564. The van der Waals surface area contributed by atoms with Gasteiger partial charge in [-0.25, -0.2) is 0 Å². The van der Waals surface area contributed by atoms with Crippen LogP contribution in [-0.4, -0.2) is 22.9 Å². The fourth-order valence-corrected chi connectivity index (χ4v) is 1.71. The first-order valence-electron chi connectivity index (χ1n) is 6.34. The van der Waals surface area contributed by atoms with Gasteiger partial charge in [0.25, 0.3) is 0 Å². The van der Waals surface area contributed by atoms with Crippen LogP contribution in [0.1, 0.15) is 52.4 Å². The van der Waals surface area contributed by atoms with E-state index >= 15 is 0 Å². The van der Waals surface area contributed by atoms with E-state index in [-0.39, 0.29) is 0 Å². The molecular formula is C13H24N2. The molecule has 0 aliphatic carbocycles. The van der Waals surface area contributed by atoms with E-state index in [9.17, 15) is 0 Å². The molecule has 0 atom stereocenters. The summed E-state index contributed by atoms with van der Waals surface area (Å²) in [4.78, 5) is 4.36. The van der Waals surface area contributed by atoms with Gasteiger partial charge in [-0.1, -0.05) is 39.5 Å². The van der Waals surface area contributed by atoms with E-state index < -0.39 is 0 Å². The molecule has 0 bridgehead atoms. The monoisotopic (exact) mass is 208 g/mol. The molecule has 0 aromatic heterocycles. The summed E-state index contributed by atoms with van der Waals surface area (Å²) in [6.45, 7) is 10.1. The van der Waals surface area contributed by atoms with Crippen LogP contribution in [0.2, 0.25) is 0 Å². The number of hydrogen-bond donors (Lipinski definition) is 0. The van der Waals surface area contributed by atoms with Crippen molar-refractivity contribution >= 4 is 0 Å². The summed E-state index contributed by atoms with van der Waals surface area (Å²) in [5, 5.41) is 0. The fourth-order valence-electron chi connectivity index (χ4n) is 1.71. The molecule has 1 aliphatic rings. The standard InChI is InChI=1S/C13H24N2/c1-3-5-7-9-14-11-12-15(13-14)10-8-6-4-2/h11-12H,3-10H2,1-2H3. The first kappa shape index (κ1) is 12.4. The Hall–Kier alpha value is -0.660. The third-order valence-electron chi connectivity index (χ3n) is 2.69. The topological polar surface area (TPSA) is 6.48 Å². The Bertz CT molecular complexity index is 159. The molecule has 86 valence electrons. The second-order valence-electron chi connectivity index (χ2n) is 4.20. The highest BCUT2D eigenvalue weighted by Gasteiger charge is 2.12. The van der Waals surface area contributed by atoms with Crippen LogP contribution in [0, 0.1) is 6.67 Å². The van der Waals surface area contributed by atoms with Gasteiger partial charge in [-0.3, -0.25) is 0 Å². The Morgan fingerprint density at radius 3 is 1.67 bits per heavy atom. The molecule has 1 heterocycles. The minimum Gasteiger partial charge on any atom is -0.346 e. The van der Waals surface area contributed by atoms with Crippen LogP contribution < -0.4 is 0 Å². The van der Waals surface area contributed by atoms with Crippen molar-refractivity contribution in [2.75, 3.05) is 13.1 Å². The molecule has 0 amide bonds. The number of unbranched alkanes of at least 4 members (excludes halogenated alkanes) is 4. The lowest BCUT2D eigenvalue weighted by atomic mass is 10.2. The van der Waals surface area contributed by atoms with Crippen LogP contribution in [0.15, 0.2) is 12.4 Å². The first-order valence-corrected chi connectivity index (χ1v) is 6.34. The van der Waals surface area contributed by atoms with Crippen molar-refractivity contribution in [3.8, 4) is 0 Å². The maximum absolute atomic E-state index is 3.36. The maximum atomic E-state index is 3.36. The van der Waals surface area contributed by atoms with E-state index in [2.05, 4.69) is 42.7 Å². The second-order valence-corrected chi connectivity index (χ2v) is 4.20. The van der Waals surface area contributed by atoms with Gasteiger partial charge < -0.3 is 9.80 Å². The lowest BCUT2D eigenvalue weighted by Crippen LogP contribution is -2.21. The summed E-state index contributed by atoms with van der Waals surface area (Å²) in [5.74, 6) is 0. The molecule has 15 heavy (non-hydrogen) atoms. The Balaban J connectivity index is 2.03. The molecule has 0 N–H and O–H groups in total. The largest absolute Gasteiger partial charge is 0.346 e. The summed E-state index contributed by atoms with van der Waals surface area (Å²) < 4.78 is 0. The van der Waals surface area contributed by atoms with E-state index in [0.29, 0.717) is 0 Å². The van der Waals surface area contributed by atoms with Crippen molar-refractivity contribution < 1.29 is 0 Å². The average Bonchev–Trinajstić information content (AvgIpc) is 2.67. The zero-order valence-corrected chi connectivity index (χ0v) is 10.2. The van der Waals surface area contributed by atoms with E-state index in [0.717, 1.165) is 13.1 Å². The van der Waals surface area contributed by atoms with Crippen molar-refractivity contribution in [1.29, 1.82) is 0 Å². The Morgan fingerprint density at radius 2 is 1.27 bits per heavy atom. The van der Waals surface area contributed by atoms with E-state index in [1.54, 1.807) is 0 Å². The molecule has 1 aliphatic heterocycles. The highest BCUT2D eigenvalue weighted by Crippen LogP contribution is 2.13. The molecule has 2 heteroatoms. The molecule has 0 fully saturated rings. The van der Waals surface area contributed by atoms with Crippen molar-refractivity contribution in [3.05, 3.63) is 19.1 Å². The van der Waals surface area contributed by atoms with Gasteiger partial charge in [-0.2, -0.15) is 0 Å². The lowest BCUT2D eigenvalue weighted by molar-refractivity contribution is 0.332. The smallest absolute Gasteiger partial charge is 0.207 e. The van der Waals surface area contributed by atoms with Gasteiger partial charge in [0.15, 0.2) is 0 Å². The molecular weight excluding hydrogens is 184 g/mol. The number of rotatable bonds is 8. The fraction of sp³-hybridized carbons (Fsp3) is 0.769. The highest BCUT2D eigenvalue weighted by molar-refractivity contribution is 4.96. The number of hydrogen-bond acceptors (Lipinski definition) is 2. The van der Waals surface area contributed by atoms with Gasteiger partial charge in [0, 0.05) is 25.5 Å². The number of nitrogens with zero attached hydrogens (tertiary/aromatic N) is 2. The Labute approximate surface area is 94.9 Å². The van der Waals surface area contributed by atoms with Crippen LogP contribution in [0.3, 0.4) is 0 Å². The van der Waals surface area contributed by atoms with Crippen molar-refractivity contribution in [2.45, 2.75) is 52.4 Å². The van der Waals surface area contributed by atoms with Crippen LogP contribution in [0.25, 0.3) is 0 Å². The molecule has 0 unspecified atom stereocenters. The minimum absolute atomic E-state index is 1.12. The van der Waals surface area contributed by atoms with Crippen molar-refractivity contribution in [2.24, 2.45) is 0 Å². The summed E-state index contributed by atoms with van der Waals surface area (Å²) >= 11 is 0. The normalized spacial score (nSPS) is 15.3. The van der Waals surface area contributed by atoms with Crippen LogP contribution in [0.5, 0.6) is 0 Å². The van der Waals surface area contributed by atoms with Gasteiger partial charge >= 0.3 is 0 Å². The van der Waals surface area contributed by atoms with Crippen LogP contribution >= 0.6 is 0 Å². The van der Waals surface area contributed by atoms with Crippen LogP contribution in [0.4, 0.5) is 0 Å². The van der Waals surface area contributed by atoms with E-state index in [1.165, 1.54) is 38.5 Å². The zero-order valence-electron chi connectivity index (χ0n) is 10.2. The third kappa shape index (κ3) is 5.10. The van der Waals surface area contributed by atoms with Gasteiger partial charge in [0.05, 0.1) is 0 Å². The third-order valence-corrected chi connectivity index (χ3v) is 2.69. The molecule has 0 saturated carbocycles. The van der Waals surface area contributed by atoms with E-state index in [4.69, 9.17) is 0 Å². The second kappa shape index (κ2) is 7.61. The molecule has 1 rings (SSSR count).